The quantitative estimate of drug-likeness (QED) is 0.650. The molecule has 0 aromatic heterocycles. The SMILES string of the molecule is CCN(CCC(C)(C)C(N)=S)CC(=O)NC. The van der Waals surface area contributed by atoms with Crippen molar-refractivity contribution in [3.8, 4) is 0 Å². The molecule has 0 rings (SSSR count). The maximum atomic E-state index is 11.2. The molecule has 0 aliphatic carbocycles. The first-order chi connectivity index (χ1) is 7.33. The van der Waals surface area contributed by atoms with Crippen molar-refractivity contribution < 1.29 is 4.79 Å². The van der Waals surface area contributed by atoms with Crippen molar-refractivity contribution in [2.45, 2.75) is 27.2 Å². The van der Waals surface area contributed by atoms with Crippen molar-refractivity contribution in [1.29, 1.82) is 0 Å². The van der Waals surface area contributed by atoms with Crippen molar-refractivity contribution in [2.75, 3.05) is 26.7 Å². The number of carbonyl (C=O) groups excluding carboxylic acids is 1. The fourth-order valence-electron chi connectivity index (χ4n) is 1.19. The van der Waals surface area contributed by atoms with Gasteiger partial charge in [0.05, 0.1) is 11.5 Å². The number of rotatable bonds is 7. The van der Waals surface area contributed by atoms with E-state index in [0.29, 0.717) is 11.5 Å². The molecule has 1 amide bonds. The second kappa shape index (κ2) is 6.81. The van der Waals surface area contributed by atoms with Crippen LogP contribution in [0.5, 0.6) is 0 Å². The highest BCUT2D eigenvalue weighted by atomic mass is 32.1. The van der Waals surface area contributed by atoms with Crippen LogP contribution >= 0.6 is 12.2 Å². The monoisotopic (exact) mass is 245 g/mol. The number of hydrogen-bond acceptors (Lipinski definition) is 3. The molecule has 5 heteroatoms. The zero-order chi connectivity index (χ0) is 12.8. The Balaban J connectivity index is 4.15. The summed E-state index contributed by atoms with van der Waals surface area (Å²) in [5, 5.41) is 2.62. The van der Waals surface area contributed by atoms with Crippen LogP contribution in [0.25, 0.3) is 0 Å². The Hall–Kier alpha value is -0.680. The summed E-state index contributed by atoms with van der Waals surface area (Å²) in [5.74, 6) is 0.0370. The van der Waals surface area contributed by atoms with E-state index in [0.717, 1.165) is 19.5 Å². The lowest BCUT2D eigenvalue weighted by Gasteiger charge is -2.27. The van der Waals surface area contributed by atoms with Crippen LogP contribution in [-0.2, 0) is 4.79 Å². The highest BCUT2D eigenvalue weighted by Gasteiger charge is 2.22. The fraction of sp³-hybridized carbons (Fsp3) is 0.818. The summed E-state index contributed by atoms with van der Waals surface area (Å²) in [7, 11) is 1.65. The Morgan fingerprint density at radius 1 is 1.50 bits per heavy atom. The van der Waals surface area contributed by atoms with E-state index in [-0.39, 0.29) is 11.3 Å². The maximum Gasteiger partial charge on any atom is 0.233 e. The molecule has 0 spiro atoms. The number of thiocarbonyl (C=S) groups is 1. The van der Waals surface area contributed by atoms with Gasteiger partial charge in [0.25, 0.3) is 0 Å². The van der Waals surface area contributed by atoms with E-state index in [1.165, 1.54) is 0 Å². The third-order valence-corrected chi connectivity index (χ3v) is 3.37. The molecule has 0 saturated heterocycles. The van der Waals surface area contributed by atoms with Gasteiger partial charge in [0, 0.05) is 12.5 Å². The standard InChI is InChI=1S/C11H23N3OS/c1-5-14(8-9(15)13-4)7-6-11(2,3)10(12)16/h5-8H2,1-4H3,(H2,12,16)(H,13,15). The molecular weight excluding hydrogens is 222 g/mol. The van der Waals surface area contributed by atoms with Crippen molar-refractivity contribution >= 4 is 23.1 Å². The van der Waals surface area contributed by atoms with Crippen LogP contribution in [0.3, 0.4) is 0 Å². The molecule has 0 aliphatic rings. The van der Waals surface area contributed by atoms with E-state index in [9.17, 15) is 4.79 Å². The summed E-state index contributed by atoms with van der Waals surface area (Å²) < 4.78 is 0. The summed E-state index contributed by atoms with van der Waals surface area (Å²) in [5.41, 5.74) is 5.51. The van der Waals surface area contributed by atoms with Crippen molar-refractivity contribution in [1.82, 2.24) is 10.2 Å². The first-order valence-corrected chi connectivity index (χ1v) is 5.97. The molecular formula is C11H23N3OS. The third kappa shape index (κ3) is 5.42. The number of likely N-dealkylation sites (N-methyl/N-ethyl adjacent to an activating group) is 2. The minimum atomic E-state index is -0.147. The van der Waals surface area contributed by atoms with Crippen LogP contribution in [0.4, 0.5) is 0 Å². The van der Waals surface area contributed by atoms with E-state index in [2.05, 4.69) is 10.2 Å². The minimum absolute atomic E-state index is 0.0370. The molecule has 3 N–H and O–H groups in total. The largest absolute Gasteiger partial charge is 0.393 e. The number of carbonyl (C=O) groups is 1. The summed E-state index contributed by atoms with van der Waals surface area (Å²) in [6.45, 7) is 8.21. The lowest BCUT2D eigenvalue weighted by atomic mass is 9.89. The fourth-order valence-corrected chi connectivity index (χ4v) is 1.29. The molecule has 0 aromatic rings. The molecule has 0 fully saturated rings. The zero-order valence-corrected chi connectivity index (χ0v) is 11.5. The van der Waals surface area contributed by atoms with Gasteiger partial charge >= 0.3 is 0 Å². The first kappa shape index (κ1) is 15.3. The molecule has 4 nitrogen and oxygen atoms in total. The topological polar surface area (TPSA) is 58.4 Å². The predicted molar refractivity (Wildman–Crippen MR) is 71.4 cm³/mol. The number of hydrogen-bond donors (Lipinski definition) is 2. The number of nitrogens with two attached hydrogens (primary N) is 1. The summed E-state index contributed by atoms with van der Waals surface area (Å²) in [4.78, 5) is 13.8. The summed E-state index contributed by atoms with van der Waals surface area (Å²) in [6.07, 6.45) is 0.868. The molecule has 94 valence electrons. The predicted octanol–water partition coefficient (Wildman–Crippen LogP) is 0.757. The van der Waals surface area contributed by atoms with Gasteiger partial charge in [-0.1, -0.05) is 33.0 Å². The second-order valence-corrected chi connectivity index (χ2v) is 4.98. The highest BCUT2D eigenvalue weighted by Crippen LogP contribution is 2.20. The van der Waals surface area contributed by atoms with Gasteiger partial charge in [-0.3, -0.25) is 9.69 Å². The second-order valence-electron chi connectivity index (χ2n) is 4.54. The third-order valence-electron chi connectivity index (χ3n) is 2.81. The van der Waals surface area contributed by atoms with Gasteiger partial charge in [-0.2, -0.15) is 0 Å². The van der Waals surface area contributed by atoms with E-state index in [1.807, 2.05) is 20.8 Å². The highest BCUT2D eigenvalue weighted by molar-refractivity contribution is 7.80. The zero-order valence-electron chi connectivity index (χ0n) is 10.7. The van der Waals surface area contributed by atoms with Crippen LogP contribution in [0.1, 0.15) is 27.2 Å². The van der Waals surface area contributed by atoms with E-state index in [4.69, 9.17) is 18.0 Å². The average molecular weight is 245 g/mol. The van der Waals surface area contributed by atoms with Gasteiger partial charge in [0.2, 0.25) is 5.91 Å². The molecule has 16 heavy (non-hydrogen) atoms. The van der Waals surface area contributed by atoms with Crippen LogP contribution in [0, 0.1) is 5.41 Å². The van der Waals surface area contributed by atoms with Gasteiger partial charge in [0.1, 0.15) is 0 Å². The molecule has 0 bridgehead atoms. The van der Waals surface area contributed by atoms with Crippen molar-refractivity contribution in [3.63, 3.8) is 0 Å². The lowest BCUT2D eigenvalue weighted by molar-refractivity contribution is -0.121. The van der Waals surface area contributed by atoms with Crippen LogP contribution in [0.2, 0.25) is 0 Å². The van der Waals surface area contributed by atoms with E-state index in [1.54, 1.807) is 7.05 Å². The average Bonchev–Trinajstić information content (AvgIpc) is 2.23. The normalized spacial score (nSPS) is 11.6. The Labute approximate surface area is 104 Å². The van der Waals surface area contributed by atoms with Gasteiger partial charge in [-0.25, -0.2) is 0 Å². The number of nitrogens with zero attached hydrogens (tertiary/aromatic N) is 1. The Kier molecular flexibility index (Phi) is 6.52. The van der Waals surface area contributed by atoms with E-state index < -0.39 is 0 Å². The van der Waals surface area contributed by atoms with Crippen LogP contribution in [-0.4, -0.2) is 42.5 Å². The summed E-state index contributed by atoms with van der Waals surface area (Å²) >= 11 is 5.01. The first-order valence-electron chi connectivity index (χ1n) is 5.56. The Bertz CT molecular complexity index is 254. The molecule has 0 radical (unpaired) electrons. The van der Waals surface area contributed by atoms with Gasteiger partial charge in [0.15, 0.2) is 0 Å². The van der Waals surface area contributed by atoms with Crippen LogP contribution in [0.15, 0.2) is 0 Å². The van der Waals surface area contributed by atoms with Crippen LogP contribution < -0.4 is 11.1 Å². The Morgan fingerprint density at radius 3 is 2.44 bits per heavy atom. The Morgan fingerprint density at radius 2 is 2.06 bits per heavy atom. The van der Waals surface area contributed by atoms with Gasteiger partial charge < -0.3 is 11.1 Å². The molecule has 0 saturated carbocycles. The maximum absolute atomic E-state index is 11.2. The van der Waals surface area contributed by atoms with Crippen molar-refractivity contribution in [3.05, 3.63) is 0 Å². The minimum Gasteiger partial charge on any atom is -0.393 e. The van der Waals surface area contributed by atoms with Crippen molar-refractivity contribution in [2.24, 2.45) is 11.1 Å². The summed E-state index contributed by atoms with van der Waals surface area (Å²) in [6, 6.07) is 0. The molecule has 0 unspecified atom stereocenters. The lowest BCUT2D eigenvalue weighted by Crippen LogP contribution is -2.39. The van der Waals surface area contributed by atoms with Gasteiger partial charge in [-0.15, -0.1) is 0 Å². The molecule has 0 heterocycles. The molecule has 0 atom stereocenters. The number of amides is 1. The molecule has 0 aliphatic heterocycles. The van der Waals surface area contributed by atoms with Gasteiger partial charge in [-0.05, 0) is 19.5 Å². The smallest absolute Gasteiger partial charge is 0.233 e. The van der Waals surface area contributed by atoms with E-state index >= 15 is 0 Å². The number of nitrogens with one attached hydrogen (secondary N) is 1. The molecule has 0 aromatic carbocycles.